The van der Waals surface area contributed by atoms with Crippen LogP contribution in [0.2, 0.25) is 0 Å². The number of aromatic nitrogens is 1. The van der Waals surface area contributed by atoms with Crippen molar-refractivity contribution in [2.24, 2.45) is 0 Å². The molecule has 2 rings (SSSR count). The maximum Gasteiger partial charge on any atom is 0.337 e. The molecule has 0 aliphatic heterocycles. The Balaban J connectivity index is 2.49. The molecule has 0 bridgehead atoms. The van der Waals surface area contributed by atoms with E-state index < -0.39 is 0 Å². The Morgan fingerprint density at radius 1 is 1.53 bits per heavy atom. The van der Waals surface area contributed by atoms with Crippen molar-refractivity contribution in [3.05, 3.63) is 41.6 Å². The molecule has 1 aromatic heterocycles. The summed E-state index contributed by atoms with van der Waals surface area (Å²) in [6.45, 7) is 0. The SMILES string of the molecule is COC(=O)c1ccc2c(/C=C/C#N)c[nH]c2c1. The molecule has 0 amide bonds. The Morgan fingerprint density at radius 3 is 3.06 bits per heavy atom. The Morgan fingerprint density at radius 2 is 2.35 bits per heavy atom. The number of aromatic amines is 1. The van der Waals surface area contributed by atoms with Crippen LogP contribution in [0, 0.1) is 11.3 Å². The third-order valence-electron chi connectivity index (χ3n) is 2.47. The number of allylic oxidation sites excluding steroid dienone is 1. The molecule has 84 valence electrons. The third-order valence-corrected chi connectivity index (χ3v) is 2.47. The van der Waals surface area contributed by atoms with Gasteiger partial charge in [0.25, 0.3) is 0 Å². The number of benzene rings is 1. The standard InChI is InChI=1S/C13H10N2O2/c1-17-13(16)9-4-5-11-10(3-2-6-14)8-15-12(11)7-9/h2-5,7-8,15H,1H3/b3-2+. The number of ether oxygens (including phenoxy) is 1. The van der Waals surface area contributed by atoms with Crippen LogP contribution in [0.5, 0.6) is 0 Å². The molecule has 0 radical (unpaired) electrons. The number of carbonyl (C=O) groups excluding carboxylic acids is 1. The van der Waals surface area contributed by atoms with Crippen LogP contribution in [-0.2, 0) is 4.74 Å². The molecule has 0 aliphatic carbocycles. The van der Waals surface area contributed by atoms with E-state index in [4.69, 9.17) is 5.26 Å². The quantitative estimate of drug-likeness (QED) is 0.632. The lowest BCUT2D eigenvalue weighted by atomic mass is 10.1. The second-order valence-electron chi connectivity index (χ2n) is 3.46. The summed E-state index contributed by atoms with van der Waals surface area (Å²) < 4.78 is 4.65. The van der Waals surface area contributed by atoms with Gasteiger partial charge in [0.1, 0.15) is 0 Å². The molecule has 17 heavy (non-hydrogen) atoms. The van der Waals surface area contributed by atoms with Crippen molar-refractivity contribution >= 4 is 22.9 Å². The summed E-state index contributed by atoms with van der Waals surface area (Å²) >= 11 is 0. The monoisotopic (exact) mass is 226 g/mol. The topological polar surface area (TPSA) is 65.9 Å². The minimum absolute atomic E-state index is 0.365. The lowest BCUT2D eigenvalue weighted by Crippen LogP contribution is -2.00. The van der Waals surface area contributed by atoms with E-state index in [9.17, 15) is 4.79 Å². The highest BCUT2D eigenvalue weighted by Crippen LogP contribution is 2.21. The largest absolute Gasteiger partial charge is 0.465 e. The van der Waals surface area contributed by atoms with E-state index in [1.807, 2.05) is 12.1 Å². The Labute approximate surface area is 98.1 Å². The van der Waals surface area contributed by atoms with Gasteiger partial charge in [0.2, 0.25) is 0 Å². The van der Waals surface area contributed by atoms with Gasteiger partial charge in [-0.2, -0.15) is 5.26 Å². The highest BCUT2D eigenvalue weighted by molar-refractivity contribution is 5.97. The van der Waals surface area contributed by atoms with Gasteiger partial charge in [0, 0.05) is 28.7 Å². The van der Waals surface area contributed by atoms with E-state index >= 15 is 0 Å². The molecule has 1 aromatic carbocycles. The summed E-state index contributed by atoms with van der Waals surface area (Å²) in [6.07, 6.45) is 4.92. The Bertz CT molecular complexity index is 632. The number of nitriles is 1. The average molecular weight is 226 g/mol. The van der Waals surface area contributed by atoms with Crippen molar-refractivity contribution in [3.63, 3.8) is 0 Å². The van der Waals surface area contributed by atoms with E-state index in [2.05, 4.69) is 9.72 Å². The molecule has 4 heteroatoms. The fourth-order valence-electron chi connectivity index (χ4n) is 1.66. The third kappa shape index (κ3) is 2.04. The number of nitrogens with one attached hydrogen (secondary N) is 1. The van der Waals surface area contributed by atoms with E-state index in [0.29, 0.717) is 5.56 Å². The second kappa shape index (κ2) is 4.54. The molecule has 0 saturated heterocycles. The first-order valence-electron chi connectivity index (χ1n) is 5.02. The number of hydrogen-bond acceptors (Lipinski definition) is 3. The smallest absolute Gasteiger partial charge is 0.337 e. The molecule has 0 aliphatic rings. The second-order valence-corrected chi connectivity index (χ2v) is 3.46. The van der Waals surface area contributed by atoms with Crippen LogP contribution in [0.1, 0.15) is 15.9 Å². The first-order chi connectivity index (χ1) is 8.26. The zero-order valence-electron chi connectivity index (χ0n) is 9.23. The lowest BCUT2D eigenvalue weighted by Gasteiger charge is -1.99. The highest BCUT2D eigenvalue weighted by Gasteiger charge is 2.07. The van der Waals surface area contributed by atoms with Crippen molar-refractivity contribution in [2.75, 3.05) is 7.11 Å². The van der Waals surface area contributed by atoms with E-state index in [-0.39, 0.29) is 5.97 Å². The Hall–Kier alpha value is -2.54. The summed E-state index contributed by atoms with van der Waals surface area (Å²) in [5.74, 6) is -0.365. The molecule has 1 heterocycles. The van der Waals surface area contributed by atoms with Crippen molar-refractivity contribution in [3.8, 4) is 6.07 Å². The number of methoxy groups -OCH3 is 1. The molecule has 2 aromatic rings. The number of H-pyrrole nitrogens is 1. The predicted molar refractivity (Wildman–Crippen MR) is 64.3 cm³/mol. The number of carbonyl (C=O) groups is 1. The summed E-state index contributed by atoms with van der Waals surface area (Å²) in [5, 5.41) is 9.44. The van der Waals surface area contributed by atoms with Gasteiger partial charge >= 0.3 is 5.97 Å². The molecule has 0 saturated carbocycles. The summed E-state index contributed by atoms with van der Waals surface area (Å²) in [6, 6.07) is 7.20. The lowest BCUT2D eigenvalue weighted by molar-refractivity contribution is 0.0601. The van der Waals surface area contributed by atoms with Crippen LogP contribution in [-0.4, -0.2) is 18.1 Å². The van der Waals surface area contributed by atoms with E-state index in [1.165, 1.54) is 13.2 Å². The molecular formula is C13H10N2O2. The maximum absolute atomic E-state index is 11.3. The summed E-state index contributed by atoms with van der Waals surface area (Å²) in [7, 11) is 1.35. The van der Waals surface area contributed by atoms with Gasteiger partial charge in [0.15, 0.2) is 0 Å². The van der Waals surface area contributed by atoms with Gasteiger partial charge in [0.05, 0.1) is 18.7 Å². The van der Waals surface area contributed by atoms with Crippen LogP contribution in [0.25, 0.3) is 17.0 Å². The van der Waals surface area contributed by atoms with Gasteiger partial charge in [-0.3, -0.25) is 0 Å². The van der Waals surface area contributed by atoms with Crippen LogP contribution < -0.4 is 0 Å². The number of fused-ring (bicyclic) bond motifs is 1. The van der Waals surface area contributed by atoms with Gasteiger partial charge in [-0.15, -0.1) is 0 Å². The number of nitrogens with zero attached hydrogens (tertiary/aromatic N) is 1. The number of hydrogen-bond donors (Lipinski definition) is 1. The van der Waals surface area contributed by atoms with Crippen molar-refractivity contribution in [2.45, 2.75) is 0 Å². The Kier molecular flexibility index (Phi) is 2.93. The predicted octanol–water partition coefficient (Wildman–Crippen LogP) is 2.49. The normalized spacial score (nSPS) is 10.6. The van der Waals surface area contributed by atoms with Crippen molar-refractivity contribution in [1.82, 2.24) is 4.98 Å². The maximum atomic E-state index is 11.3. The number of esters is 1. The van der Waals surface area contributed by atoms with Gasteiger partial charge in [-0.1, -0.05) is 6.07 Å². The molecule has 0 atom stereocenters. The van der Waals surface area contributed by atoms with Gasteiger partial charge < -0.3 is 9.72 Å². The minimum Gasteiger partial charge on any atom is -0.465 e. The molecule has 0 spiro atoms. The molecule has 0 fully saturated rings. The first-order valence-corrected chi connectivity index (χ1v) is 5.02. The highest BCUT2D eigenvalue weighted by atomic mass is 16.5. The molecule has 1 N–H and O–H groups in total. The number of rotatable bonds is 2. The molecule has 0 unspecified atom stereocenters. The van der Waals surface area contributed by atoms with Gasteiger partial charge in [-0.05, 0) is 18.2 Å². The summed E-state index contributed by atoms with van der Waals surface area (Å²) in [5.41, 5.74) is 2.25. The fraction of sp³-hybridized carbons (Fsp3) is 0.0769. The van der Waals surface area contributed by atoms with Crippen molar-refractivity contribution in [1.29, 1.82) is 5.26 Å². The zero-order chi connectivity index (χ0) is 12.3. The first kappa shape index (κ1) is 11.0. The molecular weight excluding hydrogens is 216 g/mol. The van der Waals surface area contributed by atoms with Gasteiger partial charge in [-0.25, -0.2) is 4.79 Å². The fourth-order valence-corrected chi connectivity index (χ4v) is 1.66. The van der Waals surface area contributed by atoms with Crippen LogP contribution in [0.3, 0.4) is 0 Å². The molecule has 4 nitrogen and oxygen atoms in total. The summed E-state index contributed by atoms with van der Waals surface area (Å²) in [4.78, 5) is 14.4. The van der Waals surface area contributed by atoms with Crippen LogP contribution in [0.4, 0.5) is 0 Å². The van der Waals surface area contributed by atoms with Crippen LogP contribution >= 0.6 is 0 Å². The van der Waals surface area contributed by atoms with Crippen LogP contribution in [0.15, 0.2) is 30.5 Å². The zero-order valence-corrected chi connectivity index (χ0v) is 9.23. The van der Waals surface area contributed by atoms with E-state index in [0.717, 1.165) is 16.5 Å². The minimum atomic E-state index is -0.365. The van der Waals surface area contributed by atoms with Crippen molar-refractivity contribution < 1.29 is 9.53 Å². The average Bonchev–Trinajstić information content (AvgIpc) is 2.77. The van der Waals surface area contributed by atoms with E-state index in [1.54, 1.807) is 24.4 Å².